The Morgan fingerprint density at radius 3 is 2.19 bits per heavy atom. The number of carboxylic acid groups (broad SMARTS) is 1. The number of nitrogens with zero attached hydrogens (tertiary/aromatic N) is 2. The topological polar surface area (TPSA) is 159 Å². The Kier molecular flexibility index (Phi) is 10.3. The molecule has 2 amide bonds. The zero-order valence-electron chi connectivity index (χ0n) is 30.9. The number of hydrogen-bond donors (Lipinski definition) is 1. The van der Waals surface area contributed by atoms with Gasteiger partial charge >= 0.3 is 11.9 Å². The highest BCUT2D eigenvalue weighted by Gasteiger charge is 2.53. The molecule has 0 bridgehead atoms. The lowest BCUT2D eigenvalue weighted by molar-refractivity contribution is -0.142. The van der Waals surface area contributed by atoms with E-state index in [0.717, 1.165) is 16.7 Å². The second-order valence-electron chi connectivity index (χ2n) is 15.4. The zero-order valence-corrected chi connectivity index (χ0v) is 31.9. The monoisotopic (exact) mass is 736 g/mol. The molecular weight excluding hydrogens is 689 g/mol. The van der Waals surface area contributed by atoms with E-state index in [1.54, 1.807) is 14.2 Å². The standard InChI is InChI=1S/C38H48N2O11Si/c1-38(2,3)52(6,7)51-35-28(46-4)14-21(15-29(35)47-5)32-22-16-26-27(50-20-49-26)17-23(22)34(24-19-48-37(45)33(24)32)39-25-18-30(41)40(36(25)44)13-11-9-8-10-12-31(42)43/h14-17,24,32-34H,8-13,18-20H2,1-7H3,(H,42,43)/t24-,32+,33-,34+/m0/s1. The molecule has 2 aromatic carbocycles. The molecule has 4 aliphatic rings. The molecule has 0 spiro atoms. The Balaban J connectivity index is 1.38. The van der Waals surface area contributed by atoms with Crippen molar-refractivity contribution in [1.29, 1.82) is 0 Å². The maximum Gasteiger partial charge on any atom is 0.310 e. The minimum Gasteiger partial charge on any atom is -0.539 e. The average Bonchev–Trinajstić information content (AvgIpc) is 3.78. The number of rotatable bonds is 13. The van der Waals surface area contributed by atoms with Crippen LogP contribution in [0, 0.1) is 11.8 Å². The maximum absolute atomic E-state index is 13.7. The number of carboxylic acids is 1. The van der Waals surface area contributed by atoms with E-state index in [0.29, 0.717) is 54.4 Å². The highest BCUT2D eigenvalue weighted by molar-refractivity contribution is 6.74. The summed E-state index contributed by atoms with van der Waals surface area (Å²) in [7, 11) is 0.836. The van der Waals surface area contributed by atoms with Gasteiger partial charge in [-0.25, -0.2) is 0 Å². The third-order valence-electron chi connectivity index (χ3n) is 11.1. The quantitative estimate of drug-likeness (QED) is 0.111. The molecule has 3 heterocycles. The van der Waals surface area contributed by atoms with E-state index in [9.17, 15) is 19.2 Å². The smallest absolute Gasteiger partial charge is 0.310 e. The number of esters is 1. The lowest BCUT2D eigenvalue weighted by Gasteiger charge is -2.39. The van der Waals surface area contributed by atoms with Crippen LogP contribution in [0.4, 0.5) is 0 Å². The third-order valence-corrected chi connectivity index (χ3v) is 15.4. The third kappa shape index (κ3) is 6.96. The number of benzene rings is 2. The Bertz CT molecular complexity index is 1770. The van der Waals surface area contributed by atoms with Crippen LogP contribution in [-0.2, 0) is 23.9 Å². The molecule has 14 heteroatoms. The summed E-state index contributed by atoms with van der Waals surface area (Å²) in [4.78, 5) is 57.4. The molecule has 52 heavy (non-hydrogen) atoms. The Labute approximate surface area is 304 Å². The highest BCUT2D eigenvalue weighted by atomic mass is 28.4. The van der Waals surface area contributed by atoms with Crippen molar-refractivity contribution in [1.82, 2.24) is 4.90 Å². The second kappa shape index (κ2) is 14.4. The highest BCUT2D eigenvalue weighted by Crippen LogP contribution is 2.57. The SMILES string of the molecule is COc1cc([C@@H]2c3cc4c(cc3[C@@H](N=C3CC(=O)N(CCCCCCC(=O)O)C3=O)[C@H]3COC(=O)[C@H]23)OCO4)cc(OC)c1O[Si](C)(C)C(C)(C)C. The van der Waals surface area contributed by atoms with Gasteiger partial charge in [-0.2, -0.15) is 0 Å². The van der Waals surface area contributed by atoms with E-state index >= 15 is 0 Å². The fourth-order valence-corrected chi connectivity index (χ4v) is 8.28. The van der Waals surface area contributed by atoms with Gasteiger partial charge in [-0.05, 0) is 71.9 Å². The number of carbonyl (C=O) groups is 4. The van der Waals surface area contributed by atoms with Crippen LogP contribution < -0.4 is 23.4 Å². The van der Waals surface area contributed by atoms with E-state index in [1.807, 2.05) is 24.3 Å². The Morgan fingerprint density at radius 1 is 0.942 bits per heavy atom. The van der Waals surface area contributed by atoms with E-state index in [-0.39, 0.29) is 55.4 Å². The predicted octanol–water partition coefficient (Wildman–Crippen LogP) is 6.03. The van der Waals surface area contributed by atoms with E-state index < -0.39 is 44.0 Å². The normalized spacial score (nSPS) is 23.1. The van der Waals surface area contributed by atoms with Gasteiger partial charge in [0.1, 0.15) is 5.71 Å². The number of methoxy groups -OCH3 is 2. The average molecular weight is 737 g/mol. The van der Waals surface area contributed by atoms with E-state index in [1.165, 1.54) is 4.90 Å². The fourth-order valence-electron chi connectivity index (χ4n) is 7.27. The summed E-state index contributed by atoms with van der Waals surface area (Å²) >= 11 is 0. The van der Waals surface area contributed by atoms with Crippen molar-refractivity contribution >= 4 is 37.8 Å². The van der Waals surface area contributed by atoms with Crippen molar-refractivity contribution < 1.29 is 52.4 Å². The molecule has 1 aliphatic carbocycles. The zero-order chi connectivity index (χ0) is 37.5. The van der Waals surface area contributed by atoms with Crippen LogP contribution in [-0.4, -0.2) is 82.0 Å². The molecule has 6 rings (SSSR count). The van der Waals surface area contributed by atoms with Crippen LogP contribution in [0.3, 0.4) is 0 Å². The second-order valence-corrected chi connectivity index (χ2v) is 20.1. The Morgan fingerprint density at radius 2 is 1.58 bits per heavy atom. The number of aliphatic imine (C=N–C) groups is 1. The Hall–Kier alpha value is -4.59. The van der Waals surface area contributed by atoms with Gasteiger partial charge < -0.3 is 33.2 Å². The number of unbranched alkanes of at least 4 members (excludes halogenated alkanes) is 3. The number of carbonyl (C=O) groups excluding carboxylic acids is 3. The first-order valence-corrected chi connectivity index (χ1v) is 20.7. The van der Waals surface area contributed by atoms with Gasteiger partial charge in [-0.15, -0.1) is 0 Å². The maximum atomic E-state index is 13.7. The summed E-state index contributed by atoms with van der Waals surface area (Å²) in [5, 5.41) is 8.78. The van der Waals surface area contributed by atoms with Crippen LogP contribution in [0.25, 0.3) is 0 Å². The van der Waals surface area contributed by atoms with E-state index in [2.05, 4.69) is 33.9 Å². The van der Waals surface area contributed by atoms with Crippen LogP contribution in [0.2, 0.25) is 18.1 Å². The number of ether oxygens (including phenoxy) is 5. The van der Waals surface area contributed by atoms with Gasteiger partial charge in [-0.3, -0.25) is 29.1 Å². The molecule has 2 fully saturated rings. The summed E-state index contributed by atoms with van der Waals surface area (Å²) in [6.07, 6.45) is 2.46. The van der Waals surface area contributed by atoms with Crippen molar-refractivity contribution in [2.24, 2.45) is 16.8 Å². The number of fused-ring (bicyclic) bond motifs is 3. The predicted molar refractivity (Wildman–Crippen MR) is 192 cm³/mol. The van der Waals surface area contributed by atoms with Crippen LogP contribution in [0.5, 0.6) is 28.7 Å². The molecule has 280 valence electrons. The van der Waals surface area contributed by atoms with Gasteiger partial charge in [0.05, 0.1) is 39.2 Å². The minimum absolute atomic E-state index is 0.0381. The number of cyclic esters (lactones) is 1. The molecule has 0 unspecified atom stereocenters. The van der Waals surface area contributed by atoms with E-state index in [4.69, 9.17) is 38.2 Å². The number of amides is 2. The molecule has 0 saturated carbocycles. The summed E-state index contributed by atoms with van der Waals surface area (Å²) < 4.78 is 35.9. The first kappa shape index (κ1) is 37.2. The summed E-state index contributed by atoms with van der Waals surface area (Å²) in [6.45, 7) is 11.1. The number of likely N-dealkylation sites (tertiary alicyclic amines) is 1. The van der Waals surface area contributed by atoms with Crippen molar-refractivity contribution in [3.8, 4) is 28.7 Å². The molecule has 0 aromatic heterocycles. The fraction of sp³-hybridized carbons (Fsp3) is 0.553. The molecule has 0 radical (unpaired) electrons. The summed E-state index contributed by atoms with van der Waals surface area (Å²) in [5.41, 5.74) is 2.39. The summed E-state index contributed by atoms with van der Waals surface area (Å²) in [5.74, 6) is -1.16. The number of aliphatic carboxylic acids is 1. The van der Waals surface area contributed by atoms with Crippen LogP contribution in [0.1, 0.15) is 87.9 Å². The molecule has 1 N–H and O–H groups in total. The largest absolute Gasteiger partial charge is 0.539 e. The van der Waals surface area contributed by atoms with Gasteiger partial charge in [0.2, 0.25) is 12.7 Å². The molecular formula is C38H48N2O11Si. The molecule has 3 aliphatic heterocycles. The van der Waals surface area contributed by atoms with Crippen molar-refractivity contribution in [3.63, 3.8) is 0 Å². The minimum atomic E-state index is -2.31. The lowest BCUT2D eigenvalue weighted by atomic mass is 9.65. The number of imide groups is 1. The van der Waals surface area contributed by atoms with Crippen molar-refractivity contribution in [2.75, 3.05) is 34.2 Å². The molecule has 13 nitrogen and oxygen atoms in total. The molecule has 2 aromatic rings. The van der Waals surface area contributed by atoms with Crippen LogP contribution in [0.15, 0.2) is 29.3 Å². The van der Waals surface area contributed by atoms with Gasteiger partial charge in [0, 0.05) is 24.8 Å². The molecule has 4 atom stereocenters. The van der Waals surface area contributed by atoms with Crippen molar-refractivity contribution in [2.45, 2.75) is 89.4 Å². The first-order chi connectivity index (χ1) is 24.6. The lowest BCUT2D eigenvalue weighted by Crippen LogP contribution is -2.44. The van der Waals surface area contributed by atoms with Crippen LogP contribution >= 0.6 is 0 Å². The van der Waals surface area contributed by atoms with Gasteiger partial charge in [0.25, 0.3) is 14.2 Å². The number of hydrogen-bond acceptors (Lipinski definition) is 11. The van der Waals surface area contributed by atoms with Crippen molar-refractivity contribution in [3.05, 3.63) is 41.0 Å². The van der Waals surface area contributed by atoms with Gasteiger partial charge in [0.15, 0.2) is 28.7 Å². The first-order valence-electron chi connectivity index (χ1n) is 17.8. The molecule has 2 saturated heterocycles. The summed E-state index contributed by atoms with van der Waals surface area (Å²) in [6, 6.07) is 6.83. The van der Waals surface area contributed by atoms with Gasteiger partial charge in [-0.1, -0.05) is 33.6 Å².